The Morgan fingerprint density at radius 2 is 1.70 bits per heavy atom. The minimum atomic E-state index is -3.79. The summed E-state index contributed by atoms with van der Waals surface area (Å²) >= 11 is 0. The van der Waals surface area contributed by atoms with E-state index in [2.05, 4.69) is 10.0 Å². The molecule has 176 valence electrons. The van der Waals surface area contributed by atoms with Crippen LogP contribution in [0.15, 0.2) is 47.4 Å². The summed E-state index contributed by atoms with van der Waals surface area (Å²) in [5.74, 6) is -0.342. The summed E-state index contributed by atoms with van der Waals surface area (Å²) in [6.07, 6.45) is 5.66. The van der Waals surface area contributed by atoms with Gasteiger partial charge in [0.25, 0.3) is 15.9 Å². The van der Waals surface area contributed by atoms with Crippen LogP contribution >= 0.6 is 0 Å². The molecule has 2 fully saturated rings. The molecule has 0 spiro atoms. The van der Waals surface area contributed by atoms with Crippen molar-refractivity contribution in [3.63, 3.8) is 0 Å². The number of hydrogen-bond donors (Lipinski definition) is 2. The Hall–Kier alpha value is -2.87. The number of benzene rings is 2. The molecule has 33 heavy (non-hydrogen) atoms. The number of aryl methyl sites for hydroxylation is 2. The number of likely N-dealkylation sites (tertiary alicyclic amines) is 1. The molecule has 1 saturated carbocycles. The van der Waals surface area contributed by atoms with Crippen molar-refractivity contribution >= 4 is 27.5 Å². The van der Waals surface area contributed by atoms with Crippen molar-refractivity contribution in [2.45, 2.75) is 69.4 Å². The van der Waals surface area contributed by atoms with E-state index in [1.165, 1.54) is 6.07 Å². The van der Waals surface area contributed by atoms with Crippen LogP contribution in [0, 0.1) is 13.8 Å². The summed E-state index contributed by atoms with van der Waals surface area (Å²) in [6, 6.07) is 11.1. The van der Waals surface area contributed by atoms with Gasteiger partial charge >= 0.3 is 0 Å². The average Bonchev–Trinajstić information content (AvgIpc) is 3.47. The summed E-state index contributed by atoms with van der Waals surface area (Å²) in [7, 11) is -3.79. The van der Waals surface area contributed by atoms with Gasteiger partial charge in [-0.25, -0.2) is 8.42 Å². The lowest BCUT2D eigenvalue weighted by Crippen LogP contribution is -2.48. The smallest absolute Gasteiger partial charge is 0.261 e. The van der Waals surface area contributed by atoms with Gasteiger partial charge in [-0.15, -0.1) is 0 Å². The molecule has 2 aliphatic rings. The summed E-state index contributed by atoms with van der Waals surface area (Å²) in [6.45, 7) is 4.30. The minimum Gasteiger partial charge on any atom is -0.352 e. The van der Waals surface area contributed by atoms with Gasteiger partial charge in [-0.05, 0) is 81.0 Å². The predicted octanol–water partition coefficient (Wildman–Crippen LogP) is 3.77. The third kappa shape index (κ3) is 5.21. The average molecular weight is 470 g/mol. The van der Waals surface area contributed by atoms with Crippen LogP contribution in [0.25, 0.3) is 0 Å². The highest BCUT2D eigenvalue weighted by molar-refractivity contribution is 7.92. The van der Waals surface area contributed by atoms with E-state index in [9.17, 15) is 18.0 Å². The third-order valence-corrected chi connectivity index (χ3v) is 8.05. The first kappa shape index (κ1) is 23.3. The van der Waals surface area contributed by atoms with Crippen LogP contribution in [-0.2, 0) is 14.8 Å². The fraction of sp³-hybridized carbons (Fsp3) is 0.440. The van der Waals surface area contributed by atoms with E-state index in [0.717, 1.165) is 43.2 Å². The molecule has 1 aliphatic heterocycles. The Balaban J connectivity index is 1.49. The summed E-state index contributed by atoms with van der Waals surface area (Å²) in [5, 5.41) is 3.10. The minimum absolute atomic E-state index is 0.0839. The lowest BCUT2D eigenvalue weighted by atomic mass is 10.1. The molecule has 2 aromatic rings. The largest absolute Gasteiger partial charge is 0.352 e. The van der Waals surface area contributed by atoms with E-state index in [-0.39, 0.29) is 22.8 Å². The van der Waals surface area contributed by atoms with Crippen LogP contribution in [-0.4, -0.2) is 43.8 Å². The molecule has 1 atom stereocenters. The lowest BCUT2D eigenvalue weighted by molar-refractivity contribution is -0.125. The number of sulfonamides is 1. The maximum absolute atomic E-state index is 13.2. The van der Waals surface area contributed by atoms with Crippen molar-refractivity contribution in [3.05, 3.63) is 59.2 Å². The number of anilines is 1. The van der Waals surface area contributed by atoms with Crippen LogP contribution in [0.5, 0.6) is 0 Å². The summed E-state index contributed by atoms with van der Waals surface area (Å²) in [4.78, 5) is 27.8. The van der Waals surface area contributed by atoms with Crippen molar-refractivity contribution in [1.29, 1.82) is 0 Å². The maximum atomic E-state index is 13.2. The highest BCUT2D eigenvalue weighted by Crippen LogP contribution is 2.25. The molecule has 4 rings (SSSR count). The summed E-state index contributed by atoms with van der Waals surface area (Å²) in [5.41, 5.74) is 2.57. The first-order chi connectivity index (χ1) is 15.7. The first-order valence-electron chi connectivity index (χ1n) is 11.6. The molecule has 0 unspecified atom stereocenters. The van der Waals surface area contributed by atoms with Crippen LogP contribution in [0.1, 0.15) is 60.0 Å². The number of hydrogen-bond acceptors (Lipinski definition) is 4. The molecule has 0 radical (unpaired) electrons. The van der Waals surface area contributed by atoms with Gasteiger partial charge in [-0.2, -0.15) is 0 Å². The lowest BCUT2D eigenvalue weighted by Gasteiger charge is -2.25. The van der Waals surface area contributed by atoms with E-state index in [1.54, 1.807) is 41.3 Å². The molecule has 1 aliphatic carbocycles. The van der Waals surface area contributed by atoms with E-state index in [1.807, 2.05) is 13.8 Å². The fourth-order valence-electron chi connectivity index (χ4n) is 4.63. The van der Waals surface area contributed by atoms with Gasteiger partial charge in [0.05, 0.1) is 4.90 Å². The highest BCUT2D eigenvalue weighted by atomic mass is 32.2. The second kappa shape index (κ2) is 9.55. The van der Waals surface area contributed by atoms with E-state index >= 15 is 0 Å². The molecule has 0 bridgehead atoms. The first-order valence-corrected chi connectivity index (χ1v) is 13.0. The number of nitrogens with one attached hydrogen (secondary N) is 2. The molecule has 1 saturated heterocycles. The van der Waals surface area contributed by atoms with E-state index in [4.69, 9.17) is 0 Å². The molecular formula is C25H31N3O4S. The molecule has 1 heterocycles. The van der Waals surface area contributed by atoms with Gasteiger partial charge in [0, 0.05) is 23.8 Å². The third-order valence-electron chi connectivity index (χ3n) is 6.67. The number of carbonyl (C=O) groups is 2. The van der Waals surface area contributed by atoms with Crippen LogP contribution < -0.4 is 10.0 Å². The monoisotopic (exact) mass is 469 g/mol. The molecule has 2 aromatic carbocycles. The van der Waals surface area contributed by atoms with Crippen molar-refractivity contribution in [3.8, 4) is 0 Å². The number of nitrogens with zero attached hydrogens (tertiary/aromatic N) is 1. The standard InChI is InChI=1S/C25H31N3O4S/c1-17-12-13-22(15-18(17)2)33(31,32)27-21-10-5-7-19(16-21)25(30)28-14-6-11-23(28)24(29)26-20-8-3-4-9-20/h5,7,10,12-13,15-16,20,23,27H,3-4,6,8-9,11,14H2,1-2H3,(H,26,29)/t23-/m1/s1. The van der Waals surface area contributed by atoms with Gasteiger partial charge in [0.1, 0.15) is 6.04 Å². The number of carbonyl (C=O) groups excluding carboxylic acids is 2. The molecular weight excluding hydrogens is 438 g/mol. The van der Waals surface area contributed by atoms with E-state index < -0.39 is 16.1 Å². The molecule has 0 aromatic heterocycles. The van der Waals surface area contributed by atoms with Crippen molar-refractivity contribution < 1.29 is 18.0 Å². The SMILES string of the molecule is Cc1ccc(S(=O)(=O)Nc2cccc(C(=O)N3CCC[C@@H]3C(=O)NC3CCCC3)c2)cc1C. The topological polar surface area (TPSA) is 95.6 Å². The van der Waals surface area contributed by atoms with Crippen molar-refractivity contribution in [2.24, 2.45) is 0 Å². The Kier molecular flexibility index (Phi) is 6.74. The van der Waals surface area contributed by atoms with Gasteiger partial charge in [0.15, 0.2) is 0 Å². The normalized spacial score (nSPS) is 19.0. The Morgan fingerprint density at radius 3 is 2.42 bits per heavy atom. The molecule has 8 heteroatoms. The fourth-order valence-corrected chi connectivity index (χ4v) is 5.76. The zero-order valence-electron chi connectivity index (χ0n) is 19.1. The van der Waals surface area contributed by atoms with Crippen LogP contribution in [0.3, 0.4) is 0 Å². The number of rotatable bonds is 6. The quantitative estimate of drug-likeness (QED) is 0.673. The Labute approximate surface area is 195 Å². The van der Waals surface area contributed by atoms with Gasteiger partial charge in [0.2, 0.25) is 5.91 Å². The van der Waals surface area contributed by atoms with Gasteiger partial charge in [-0.1, -0.05) is 25.0 Å². The zero-order valence-corrected chi connectivity index (χ0v) is 20.0. The Morgan fingerprint density at radius 1 is 0.939 bits per heavy atom. The molecule has 2 amide bonds. The second-order valence-electron chi connectivity index (χ2n) is 9.08. The Bertz CT molecular complexity index is 1160. The van der Waals surface area contributed by atoms with Crippen molar-refractivity contribution in [1.82, 2.24) is 10.2 Å². The van der Waals surface area contributed by atoms with Crippen LogP contribution in [0.4, 0.5) is 5.69 Å². The predicted molar refractivity (Wildman–Crippen MR) is 128 cm³/mol. The van der Waals surface area contributed by atoms with E-state index in [0.29, 0.717) is 24.2 Å². The summed E-state index contributed by atoms with van der Waals surface area (Å²) < 4.78 is 28.3. The maximum Gasteiger partial charge on any atom is 0.261 e. The second-order valence-corrected chi connectivity index (χ2v) is 10.8. The van der Waals surface area contributed by atoms with Crippen LogP contribution in [0.2, 0.25) is 0 Å². The molecule has 2 N–H and O–H groups in total. The zero-order chi connectivity index (χ0) is 23.6. The van der Waals surface area contributed by atoms with Gasteiger partial charge < -0.3 is 10.2 Å². The van der Waals surface area contributed by atoms with Crippen molar-refractivity contribution in [2.75, 3.05) is 11.3 Å². The highest BCUT2D eigenvalue weighted by Gasteiger charge is 2.35. The molecule has 7 nitrogen and oxygen atoms in total. The number of amides is 2. The van der Waals surface area contributed by atoms with Gasteiger partial charge in [-0.3, -0.25) is 14.3 Å².